The number of hydrogen-bond donors (Lipinski definition) is 2. The van der Waals surface area contributed by atoms with Gasteiger partial charge in [-0.3, -0.25) is 0 Å². The first-order valence-electron chi connectivity index (χ1n) is 5.30. The number of anilines is 1. The van der Waals surface area contributed by atoms with Crippen LogP contribution in [0, 0.1) is 5.92 Å². The van der Waals surface area contributed by atoms with Crippen LogP contribution in [0.3, 0.4) is 0 Å². The molecule has 2 N–H and O–H groups in total. The van der Waals surface area contributed by atoms with Crippen LogP contribution in [-0.2, 0) is 4.79 Å². The normalized spacial score (nSPS) is 17.1. The Balaban J connectivity index is 1.96. The maximum Gasteiger partial charge on any atom is 0.326 e. The molecule has 2 rings (SSSR count). The molecule has 0 aromatic heterocycles. The highest BCUT2D eigenvalue weighted by atomic mass is 16.4. The first-order chi connectivity index (χ1) is 7.25. The number of carboxylic acid groups (broad SMARTS) is 1. The number of rotatable bonds is 5. The van der Waals surface area contributed by atoms with Gasteiger partial charge in [0.05, 0.1) is 0 Å². The second-order valence-corrected chi connectivity index (χ2v) is 4.08. The quantitative estimate of drug-likeness (QED) is 0.775. The summed E-state index contributed by atoms with van der Waals surface area (Å²) in [5.74, 6) is -0.145. The highest BCUT2D eigenvalue weighted by Gasteiger charge is 2.28. The van der Waals surface area contributed by atoms with Gasteiger partial charge in [-0.25, -0.2) is 4.79 Å². The Bertz CT molecular complexity index is 333. The molecule has 0 bridgehead atoms. The third kappa shape index (κ3) is 2.98. The van der Waals surface area contributed by atoms with Crippen LogP contribution >= 0.6 is 0 Å². The number of aliphatic carboxylic acids is 1. The Morgan fingerprint density at radius 1 is 1.40 bits per heavy atom. The highest BCUT2D eigenvalue weighted by Crippen LogP contribution is 2.34. The molecule has 1 fully saturated rings. The third-order valence-corrected chi connectivity index (χ3v) is 2.68. The molecule has 1 aromatic carbocycles. The van der Waals surface area contributed by atoms with E-state index in [1.165, 1.54) is 12.8 Å². The predicted octanol–water partition coefficient (Wildman–Crippen LogP) is 2.35. The lowest BCUT2D eigenvalue weighted by molar-refractivity contribution is -0.138. The second kappa shape index (κ2) is 4.34. The van der Waals surface area contributed by atoms with Crippen molar-refractivity contribution in [2.24, 2.45) is 5.92 Å². The minimum absolute atomic E-state index is 0.445. The predicted molar refractivity (Wildman–Crippen MR) is 58.8 cm³/mol. The molecule has 1 aliphatic rings. The standard InChI is InChI=1S/C12H15NO2/c14-12(15)11(8-9-6-7-9)13-10-4-2-1-3-5-10/h1-5,9,11,13H,6-8H2,(H,14,15)/t11-/m1/s1. The molecule has 0 aliphatic heterocycles. The molecule has 1 saturated carbocycles. The average Bonchev–Trinajstić information content (AvgIpc) is 3.02. The van der Waals surface area contributed by atoms with E-state index >= 15 is 0 Å². The lowest BCUT2D eigenvalue weighted by Crippen LogP contribution is -2.29. The molecule has 0 spiro atoms. The molecule has 0 radical (unpaired) electrons. The van der Waals surface area contributed by atoms with E-state index in [-0.39, 0.29) is 0 Å². The van der Waals surface area contributed by atoms with Gasteiger partial charge in [-0.15, -0.1) is 0 Å². The average molecular weight is 205 g/mol. The van der Waals surface area contributed by atoms with E-state index in [9.17, 15) is 4.79 Å². The number of carbonyl (C=O) groups is 1. The van der Waals surface area contributed by atoms with Gasteiger partial charge in [-0.05, 0) is 24.5 Å². The second-order valence-electron chi connectivity index (χ2n) is 4.08. The summed E-state index contributed by atoms with van der Waals surface area (Å²) < 4.78 is 0. The Morgan fingerprint density at radius 3 is 2.60 bits per heavy atom. The maximum absolute atomic E-state index is 11.0. The van der Waals surface area contributed by atoms with Crippen LogP contribution in [0.4, 0.5) is 5.69 Å². The topological polar surface area (TPSA) is 49.3 Å². The molecule has 0 saturated heterocycles. The molecule has 1 aliphatic carbocycles. The lowest BCUT2D eigenvalue weighted by atomic mass is 10.1. The first kappa shape index (κ1) is 10.0. The van der Waals surface area contributed by atoms with Gasteiger partial charge in [0.25, 0.3) is 0 Å². The van der Waals surface area contributed by atoms with Gasteiger partial charge in [0, 0.05) is 5.69 Å². The Labute approximate surface area is 89.1 Å². The van der Waals surface area contributed by atoms with E-state index < -0.39 is 12.0 Å². The van der Waals surface area contributed by atoms with Crippen molar-refractivity contribution >= 4 is 11.7 Å². The fourth-order valence-corrected chi connectivity index (χ4v) is 1.64. The molecule has 0 amide bonds. The zero-order valence-corrected chi connectivity index (χ0v) is 8.52. The molecule has 80 valence electrons. The first-order valence-corrected chi connectivity index (χ1v) is 5.30. The summed E-state index contributed by atoms with van der Waals surface area (Å²) in [7, 11) is 0. The SMILES string of the molecule is O=C(O)[C@@H](CC1CC1)Nc1ccccc1. The highest BCUT2D eigenvalue weighted by molar-refractivity contribution is 5.77. The van der Waals surface area contributed by atoms with E-state index in [4.69, 9.17) is 5.11 Å². The van der Waals surface area contributed by atoms with Crippen LogP contribution in [0.5, 0.6) is 0 Å². The van der Waals surface area contributed by atoms with Gasteiger partial charge >= 0.3 is 5.97 Å². The molecule has 15 heavy (non-hydrogen) atoms. The summed E-state index contributed by atoms with van der Waals surface area (Å²) in [5.41, 5.74) is 0.880. The molecule has 0 unspecified atom stereocenters. The van der Waals surface area contributed by atoms with Crippen LogP contribution in [0.1, 0.15) is 19.3 Å². The monoisotopic (exact) mass is 205 g/mol. The van der Waals surface area contributed by atoms with Crippen molar-refractivity contribution in [2.75, 3.05) is 5.32 Å². The molecule has 1 aromatic rings. The minimum atomic E-state index is -0.759. The van der Waals surface area contributed by atoms with Crippen molar-refractivity contribution in [1.29, 1.82) is 0 Å². The zero-order valence-electron chi connectivity index (χ0n) is 8.52. The van der Waals surface area contributed by atoms with Crippen LogP contribution < -0.4 is 5.32 Å². The van der Waals surface area contributed by atoms with E-state index in [2.05, 4.69) is 5.32 Å². The van der Waals surface area contributed by atoms with Crippen molar-refractivity contribution in [2.45, 2.75) is 25.3 Å². The summed E-state index contributed by atoms with van der Waals surface area (Å²) in [6.07, 6.45) is 3.10. The van der Waals surface area contributed by atoms with Crippen LogP contribution in [0.2, 0.25) is 0 Å². The van der Waals surface area contributed by atoms with Crippen LogP contribution in [0.25, 0.3) is 0 Å². The van der Waals surface area contributed by atoms with Crippen LogP contribution in [-0.4, -0.2) is 17.1 Å². The number of nitrogens with one attached hydrogen (secondary N) is 1. The zero-order chi connectivity index (χ0) is 10.7. The molecular formula is C12H15NO2. The molecule has 3 heteroatoms. The van der Waals surface area contributed by atoms with Gasteiger partial charge in [-0.2, -0.15) is 0 Å². The smallest absolute Gasteiger partial charge is 0.326 e. The number of benzene rings is 1. The molecular weight excluding hydrogens is 190 g/mol. The summed E-state index contributed by atoms with van der Waals surface area (Å²) in [4.78, 5) is 11.0. The van der Waals surface area contributed by atoms with Gasteiger partial charge in [0.1, 0.15) is 6.04 Å². The van der Waals surface area contributed by atoms with Crippen molar-refractivity contribution in [3.05, 3.63) is 30.3 Å². The number of carboxylic acids is 1. The summed E-state index contributed by atoms with van der Waals surface area (Å²) in [5, 5.41) is 12.1. The maximum atomic E-state index is 11.0. The Morgan fingerprint density at radius 2 is 2.07 bits per heavy atom. The van der Waals surface area contributed by atoms with E-state index in [1.807, 2.05) is 30.3 Å². The van der Waals surface area contributed by atoms with Gasteiger partial charge < -0.3 is 10.4 Å². The van der Waals surface area contributed by atoms with E-state index in [0.717, 1.165) is 12.1 Å². The third-order valence-electron chi connectivity index (χ3n) is 2.68. The largest absolute Gasteiger partial charge is 0.480 e. The summed E-state index contributed by atoms with van der Waals surface area (Å²) >= 11 is 0. The van der Waals surface area contributed by atoms with E-state index in [0.29, 0.717) is 5.92 Å². The van der Waals surface area contributed by atoms with Gasteiger partial charge in [0.2, 0.25) is 0 Å². The van der Waals surface area contributed by atoms with Gasteiger partial charge in [-0.1, -0.05) is 31.0 Å². The van der Waals surface area contributed by atoms with E-state index in [1.54, 1.807) is 0 Å². The lowest BCUT2D eigenvalue weighted by Gasteiger charge is -2.15. The summed E-state index contributed by atoms with van der Waals surface area (Å²) in [6, 6.07) is 9.06. The fourth-order valence-electron chi connectivity index (χ4n) is 1.64. The molecule has 1 atom stereocenters. The summed E-state index contributed by atoms with van der Waals surface area (Å²) in [6.45, 7) is 0. The van der Waals surface area contributed by atoms with Crippen molar-refractivity contribution in [3.8, 4) is 0 Å². The van der Waals surface area contributed by atoms with Crippen LogP contribution in [0.15, 0.2) is 30.3 Å². The minimum Gasteiger partial charge on any atom is -0.480 e. The molecule has 0 heterocycles. The van der Waals surface area contributed by atoms with Crippen molar-refractivity contribution in [3.63, 3.8) is 0 Å². The fraction of sp³-hybridized carbons (Fsp3) is 0.417. The number of hydrogen-bond acceptors (Lipinski definition) is 2. The Kier molecular flexibility index (Phi) is 2.90. The van der Waals surface area contributed by atoms with Crippen molar-refractivity contribution < 1.29 is 9.90 Å². The van der Waals surface area contributed by atoms with Crippen molar-refractivity contribution in [1.82, 2.24) is 0 Å². The molecule has 3 nitrogen and oxygen atoms in total. The number of para-hydroxylation sites is 1. The van der Waals surface area contributed by atoms with Gasteiger partial charge in [0.15, 0.2) is 0 Å². The Hall–Kier alpha value is -1.51.